The third-order valence-electron chi connectivity index (χ3n) is 2.95. The van der Waals surface area contributed by atoms with E-state index < -0.39 is 0 Å². The van der Waals surface area contributed by atoms with Gasteiger partial charge >= 0.3 is 5.97 Å². The molecule has 0 saturated carbocycles. The highest BCUT2D eigenvalue weighted by atomic mass is 16.5. The van der Waals surface area contributed by atoms with E-state index in [0.717, 1.165) is 5.69 Å². The van der Waals surface area contributed by atoms with Crippen molar-refractivity contribution >= 4 is 5.97 Å². The summed E-state index contributed by atoms with van der Waals surface area (Å²) in [6.07, 6.45) is 4.27. The molecular formula is C15H22N2O2. The molecule has 1 heterocycles. The van der Waals surface area contributed by atoms with Crippen LogP contribution in [0.15, 0.2) is 37.1 Å². The van der Waals surface area contributed by atoms with Gasteiger partial charge < -0.3 is 4.74 Å². The number of carbonyl (C=O) groups is 1. The fourth-order valence-corrected chi connectivity index (χ4v) is 1.90. The highest BCUT2D eigenvalue weighted by Gasteiger charge is 2.26. The number of hydrogen-bond acceptors (Lipinski definition) is 4. The first-order valence-electron chi connectivity index (χ1n) is 6.45. The van der Waals surface area contributed by atoms with Crippen molar-refractivity contribution < 1.29 is 9.53 Å². The maximum atomic E-state index is 11.8. The number of carbonyl (C=O) groups excluding carboxylic acids is 1. The first-order chi connectivity index (χ1) is 9.10. The summed E-state index contributed by atoms with van der Waals surface area (Å²) in [5.74, 6) is -0.108. The Labute approximate surface area is 114 Å². The van der Waals surface area contributed by atoms with Crippen LogP contribution in [0, 0.1) is 5.92 Å². The zero-order chi connectivity index (χ0) is 14.3. The molecule has 0 saturated heterocycles. The number of rotatable bonds is 7. The molecular weight excluding hydrogens is 240 g/mol. The Morgan fingerprint density at radius 1 is 1.53 bits per heavy atom. The molecule has 0 amide bonds. The van der Waals surface area contributed by atoms with Crippen LogP contribution in [0.1, 0.15) is 32.0 Å². The summed E-state index contributed by atoms with van der Waals surface area (Å²) in [6, 6.07) is 5.36. The van der Waals surface area contributed by atoms with Crippen molar-refractivity contribution in [3.05, 3.63) is 42.7 Å². The molecule has 19 heavy (non-hydrogen) atoms. The van der Waals surface area contributed by atoms with Crippen LogP contribution in [0.25, 0.3) is 0 Å². The minimum atomic E-state index is -0.350. The molecule has 0 bridgehead atoms. The van der Waals surface area contributed by atoms with Gasteiger partial charge in [0.15, 0.2) is 0 Å². The maximum Gasteiger partial charge on any atom is 0.323 e. The number of pyridine rings is 1. The van der Waals surface area contributed by atoms with Crippen molar-refractivity contribution in [2.75, 3.05) is 7.11 Å². The smallest absolute Gasteiger partial charge is 0.323 e. The SMILES string of the molecule is C=CC[C@H](N[C@H](C(=O)OC)C(C)C)c1ccccn1. The third kappa shape index (κ3) is 4.48. The van der Waals surface area contributed by atoms with Gasteiger partial charge in [-0.1, -0.05) is 26.0 Å². The van der Waals surface area contributed by atoms with Crippen molar-refractivity contribution in [3.63, 3.8) is 0 Å². The lowest BCUT2D eigenvalue weighted by atomic mass is 10.0. The lowest BCUT2D eigenvalue weighted by Gasteiger charge is -2.25. The van der Waals surface area contributed by atoms with Gasteiger partial charge in [0, 0.05) is 6.20 Å². The molecule has 1 aromatic rings. The van der Waals surface area contributed by atoms with Gasteiger partial charge in [-0.25, -0.2) is 0 Å². The number of hydrogen-bond donors (Lipinski definition) is 1. The standard InChI is InChI=1S/C15H22N2O2/c1-5-8-13(12-9-6-7-10-16-12)17-14(11(2)3)15(18)19-4/h5-7,9-11,13-14,17H,1,8H2,2-4H3/t13-,14-/m0/s1. The van der Waals surface area contributed by atoms with Gasteiger partial charge in [0.2, 0.25) is 0 Å². The van der Waals surface area contributed by atoms with Crippen LogP contribution in [0.4, 0.5) is 0 Å². The summed E-state index contributed by atoms with van der Waals surface area (Å²) in [5.41, 5.74) is 0.900. The number of aromatic nitrogens is 1. The fraction of sp³-hybridized carbons (Fsp3) is 0.467. The molecule has 1 N–H and O–H groups in total. The molecule has 1 rings (SSSR count). The van der Waals surface area contributed by atoms with E-state index in [1.807, 2.05) is 38.1 Å². The maximum absolute atomic E-state index is 11.8. The fourth-order valence-electron chi connectivity index (χ4n) is 1.90. The number of ether oxygens (including phenoxy) is 1. The van der Waals surface area contributed by atoms with E-state index in [1.54, 1.807) is 6.20 Å². The number of esters is 1. The predicted molar refractivity (Wildman–Crippen MR) is 75.6 cm³/mol. The van der Waals surface area contributed by atoms with E-state index >= 15 is 0 Å². The van der Waals surface area contributed by atoms with Crippen LogP contribution >= 0.6 is 0 Å². The first-order valence-corrected chi connectivity index (χ1v) is 6.45. The lowest BCUT2D eigenvalue weighted by Crippen LogP contribution is -2.43. The van der Waals surface area contributed by atoms with E-state index in [4.69, 9.17) is 4.74 Å². The predicted octanol–water partition coefficient (Wildman–Crippen LogP) is 2.49. The molecule has 0 aliphatic carbocycles. The van der Waals surface area contributed by atoms with Gasteiger partial charge in [-0.2, -0.15) is 0 Å². The summed E-state index contributed by atoms with van der Waals surface area (Å²) < 4.78 is 4.84. The second-order valence-electron chi connectivity index (χ2n) is 4.74. The van der Waals surface area contributed by atoms with Crippen LogP contribution in [-0.4, -0.2) is 24.1 Å². The van der Waals surface area contributed by atoms with Gasteiger partial charge in [-0.15, -0.1) is 6.58 Å². The van der Waals surface area contributed by atoms with Gasteiger partial charge in [0.25, 0.3) is 0 Å². The highest BCUT2D eigenvalue weighted by Crippen LogP contribution is 2.18. The first kappa shape index (κ1) is 15.4. The van der Waals surface area contributed by atoms with E-state index in [0.29, 0.717) is 6.42 Å². The van der Waals surface area contributed by atoms with Crippen molar-refractivity contribution in [1.29, 1.82) is 0 Å². The van der Waals surface area contributed by atoms with E-state index in [1.165, 1.54) is 7.11 Å². The Balaban J connectivity index is 2.88. The molecule has 4 nitrogen and oxygen atoms in total. The molecule has 0 aliphatic heterocycles. The molecule has 0 spiro atoms. The second-order valence-corrected chi connectivity index (χ2v) is 4.74. The molecule has 104 valence electrons. The summed E-state index contributed by atoms with van der Waals surface area (Å²) in [5, 5.41) is 3.31. The van der Waals surface area contributed by atoms with Crippen LogP contribution in [0.2, 0.25) is 0 Å². The Bertz CT molecular complexity index is 404. The molecule has 0 aliphatic rings. The average Bonchev–Trinajstić information content (AvgIpc) is 2.43. The van der Waals surface area contributed by atoms with Gasteiger partial charge in [0.05, 0.1) is 18.8 Å². The summed E-state index contributed by atoms with van der Waals surface area (Å²) in [7, 11) is 1.41. The van der Waals surface area contributed by atoms with E-state index in [-0.39, 0.29) is 24.0 Å². The molecule has 0 aromatic carbocycles. The summed E-state index contributed by atoms with van der Waals surface area (Å²) in [6.45, 7) is 7.73. The van der Waals surface area contributed by atoms with Gasteiger partial charge in [-0.3, -0.25) is 15.1 Å². The van der Waals surface area contributed by atoms with Crippen molar-refractivity contribution in [3.8, 4) is 0 Å². The monoisotopic (exact) mass is 262 g/mol. The second kappa shape index (κ2) is 7.69. The number of nitrogens with zero attached hydrogens (tertiary/aromatic N) is 1. The van der Waals surface area contributed by atoms with Crippen LogP contribution < -0.4 is 5.32 Å². The molecule has 0 fully saturated rings. The Hall–Kier alpha value is -1.68. The molecule has 4 heteroatoms. The minimum absolute atomic E-state index is 0.0369. The van der Waals surface area contributed by atoms with Gasteiger partial charge in [0.1, 0.15) is 6.04 Å². The third-order valence-corrected chi connectivity index (χ3v) is 2.95. The molecule has 2 atom stereocenters. The zero-order valence-corrected chi connectivity index (χ0v) is 11.8. The van der Waals surface area contributed by atoms with Gasteiger partial charge in [-0.05, 0) is 24.5 Å². The lowest BCUT2D eigenvalue weighted by molar-refractivity contribution is -0.144. The highest BCUT2D eigenvalue weighted by molar-refractivity contribution is 5.76. The van der Waals surface area contributed by atoms with E-state index in [2.05, 4.69) is 16.9 Å². The number of nitrogens with one attached hydrogen (secondary N) is 1. The van der Waals surface area contributed by atoms with Crippen molar-refractivity contribution in [2.24, 2.45) is 5.92 Å². The van der Waals surface area contributed by atoms with E-state index in [9.17, 15) is 4.79 Å². The van der Waals surface area contributed by atoms with Crippen LogP contribution in [0.3, 0.4) is 0 Å². The average molecular weight is 262 g/mol. The Kier molecular flexibility index (Phi) is 6.22. The molecule has 0 radical (unpaired) electrons. The topological polar surface area (TPSA) is 51.2 Å². The number of methoxy groups -OCH3 is 1. The van der Waals surface area contributed by atoms with Crippen molar-refractivity contribution in [2.45, 2.75) is 32.4 Å². The van der Waals surface area contributed by atoms with Crippen LogP contribution in [0.5, 0.6) is 0 Å². The Morgan fingerprint density at radius 3 is 2.74 bits per heavy atom. The molecule has 1 aromatic heterocycles. The largest absolute Gasteiger partial charge is 0.468 e. The minimum Gasteiger partial charge on any atom is -0.468 e. The summed E-state index contributed by atoms with van der Waals surface area (Å²) >= 11 is 0. The summed E-state index contributed by atoms with van der Waals surface area (Å²) in [4.78, 5) is 16.1. The van der Waals surface area contributed by atoms with Crippen molar-refractivity contribution in [1.82, 2.24) is 10.3 Å². The molecule has 0 unspecified atom stereocenters. The normalized spacial score (nSPS) is 13.9. The Morgan fingerprint density at radius 2 is 2.26 bits per heavy atom. The van der Waals surface area contributed by atoms with Crippen LogP contribution in [-0.2, 0) is 9.53 Å². The zero-order valence-electron chi connectivity index (χ0n) is 11.8. The quantitative estimate of drug-likeness (QED) is 0.606.